The largest absolute Gasteiger partial charge is 0.348 e. The highest BCUT2D eigenvalue weighted by molar-refractivity contribution is 5.96. The summed E-state index contributed by atoms with van der Waals surface area (Å²) in [5, 5.41) is 9.51. The molecule has 94 valence electrons. The molecule has 0 aliphatic heterocycles. The highest BCUT2D eigenvalue weighted by atomic mass is 19.1. The minimum absolute atomic E-state index is 0.178. The second-order valence-electron chi connectivity index (χ2n) is 4.12. The standard InChI is InChI=1S/C13H14FN3O/c1-8-12(9(2)17-16-8)13(18)15-7-10-3-5-11(14)6-4-10/h3-6H,7H2,1-2H3,(H,15,18)(H,16,17). The molecule has 1 aromatic carbocycles. The number of hydrogen-bond acceptors (Lipinski definition) is 2. The Morgan fingerprint density at radius 2 is 2.00 bits per heavy atom. The first kappa shape index (κ1) is 12.3. The van der Waals surface area contributed by atoms with Gasteiger partial charge in [-0.05, 0) is 31.5 Å². The molecule has 1 aromatic heterocycles. The molecule has 0 atom stereocenters. The zero-order valence-electron chi connectivity index (χ0n) is 10.2. The number of aromatic amines is 1. The molecule has 0 aliphatic carbocycles. The number of carbonyl (C=O) groups is 1. The van der Waals surface area contributed by atoms with E-state index in [1.165, 1.54) is 12.1 Å². The van der Waals surface area contributed by atoms with Gasteiger partial charge in [0.25, 0.3) is 5.91 Å². The van der Waals surface area contributed by atoms with Gasteiger partial charge in [0.15, 0.2) is 0 Å². The van der Waals surface area contributed by atoms with E-state index in [1.54, 1.807) is 26.0 Å². The van der Waals surface area contributed by atoms with Crippen molar-refractivity contribution >= 4 is 5.91 Å². The summed E-state index contributed by atoms with van der Waals surface area (Å²) in [6.45, 7) is 3.94. The van der Waals surface area contributed by atoms with E-state index in [4.69, 9.17) is 0 Å². The molecule has 1 amide bonds. The van der Waals surface area contributed by atoms with E-state index in [1.807, 2.05) is 0 Å². The Bertz CT molecular complexity index is 541. The van der Waals surface area contributed by atoms with Gasteiger partial charge in [-0.2, -0.15) is 5.10 Å². The van der Waals surface area contributed by atoms with Crippen LogP contribution in [0.3, 0.4) is 0 Å². The summed E-state index contributed by atoms with van der Waals surface area (Å²) in [4.78, 5) is 11.9. The smallest absolute Gasteiger partial charge is 0.255 e. The lowest BCUT2D eigenvalue weighted by Gasteiger charge is -2.05. The van der Waals surface area contributed by atoms with Gasteiger partial charge in [0.05, 0.1) is 11.3 Å². The van der Waals surface area contributed by atoms with E-state index in [0.717, 1.165) is 11.3 Å². The molecular formula is C13H14FN3O. The Balaban J connectivity index is 2.03. The SMILES string of the molecule is Cc1n[nH]c(C)c1C(=O)NCc1ccc(F)cc1. The second kappa shape index (κ2) is 5.00. The molecule has 0 bridgehead atoms. The zero-order valence-corrected chi connectivity index (χ0v) is 10.2. The summed E-state index contributed by atoms with van der Waals surface area (Å²) in [7, 11) is 0. The van der Waals surface area contributed by atoms with Crippen LogP contribution in [-0.4, -0.2) is 16.1 Å². The van der Waals surface area contributed by atoms with Crippen LogP contribution < -0.4 is 5.32 Å². The fourth-order valence-electron chi connectivity index (χ4n) is 1.76. The number of aryl methyl sites for hydroxylation is 2. The molecule has 2 N–H and O–H groups in total. The molecule has 18 heavy (non-hydrogen) atoms. The van der Waals surface area contributed by atoms with E-state index in [9.17, 15) is 9.18 Å². The average molecular weight is 247 g/mol. The van der Waals surface area contributed by atoms with Crippen LogP contribution in [0, 0.1) is 19.7 Å². The van der Waals surface area contributed by atoms with E-state index < -0.39 is 0 Å². The Hall–Kier alpha value is -2.17. The summed E-state index contributed by atoms with van der Waals surface area (Å²) >= 11 is 0. The van der Waals surface area contributed by atoms with Gasteiger partial charge in [0.1, 0.15) is 5.82 Å². The van der Waals surface area contributed by atoms with Crippen molar-refractivity contribution in [3.8, 4) is 0 Å². The summed E-state index contributed by atoms with van der Waals surface area (Å²) in [6.07, 6.45) is 0. The summed E-state index contributed by atoms with van der Waals surface area (Å²) in [6, 6.07) is 6.03. The molecule has 0 spiro atoms. The number of amides is 1. The number of hydrogen-bond donors (Lipinski definition) is 2. The molecule has 0 aliphatic rings. The maximum absolute atomic E-state index is 12.7. The molecule has 4 nitrogen and oxygen atoms in total. The Kier molecular flexibility index (Phi) is 3.41. The van der Waals surface area contributed by atoms with Gasteiger partial charge in [-0.3, -0.25) is 9.89 Å². The quantitative estimate of drug-likeness (QED) is 0.872. The number of halogens is 1. The predicted octanol–water partition coefficient (Wildman–Crippen LogP) is 2.10. The van der Waals surface area contributed by atoms with E-state index in [2.05, 4.69) is 15.5 Å². The maximum atomic E-state index is 12.7. The van der Waals surface area contributed by atoms with Gasteiger partial charge < -0.3 is 5.32 Å². The number of carbonyl (C=O) groups excluding carboxylic acids is 1. The normalized spacial score (nSPS) is 10.4. The van der Waals surface area contributed by atoms with Gasteiger partial charge in [0.2, 0.25) is 0 Å². The molecule has 1 heterocycles. The Morgan fingerprint density at radius 1 is 1.33 bits per heavy atom. The minimum atomic E-state index is -0.286. The topological polar surface area (TPSA) is 57.8 Å². The Labute approximate surface area is 104 Å². The average Bonchev–Trinajstić information content (AvgIpc) is 2.68. The third-order valence-electron chi connectivity index (χ3n) is 2.72. The van der Waals surface area contributed by atoms with Crippen LogP contribution in [0.4, 0.5) is 4.39 Å². The van der Waals surface area contributed by atoms with Gasteiger partial charge in [-0.25, -0.2) is 4.39 Å². The summed E-state index contributed by atoms with van der Waals surface area (Å²) < 4.78 is 12.7. The monoisotopic (exact) mass is 247 g/mol. The zero-order chi connectivity index (χ0) is 13.1. The van der Waals surface area contributed by atoms with Crippen LogP contribution in [0.25, 0.3) is 0 Å². The molecule has 5 heteroatoms. The van der Waals surface area contributed by atoms with Crippen molar-refractivity contribution in [2.24, 2.45) is 0 Å². The van der Waals surface area contributed by atoms with Crippen LogP contribution in [0.1, 0.15) is 27.3 Å². The van der Waals surface area contributed by atoms with Crippen LogP contribution in [0.5, 0.6) is 0 Å². The number of nitrogens with zero attached hydrogens (tertiary/aromatic N) is 1. The third kappa shape index (κ3) is 2.56. The number of H-pyrrole nitrogens is 1. The summed E-state index contributed by atoms with van der Waals surface area (Å²) in [5.74, 6) is -0.463. The van der Waals surface area contributed by atoms with Crippen molar-refractivity contribution in [1.29, 1.82) is 0 Å². The molecule has 2 aromatic rings. The van der Waals surface area contributed by atoms with Crippen molar-refractivity contribution in [2.75, 3.05) is 0 Å². The first-order valence-corrected chi connectivity index (χ1v) is 5.62. The molecule has 0 fully saturated rings. The number of benzene rings is 1. The minimum Gasteiger partial charge on any atom is -0.348 e. The highest BCUT2D eigenvalue weighted by Crippen LogP contribution is 2.09. The molecule has 0 unspecified atom stereocenters. The predicted molar refractivity (Wildman–Crippen MR) is 65.6 cm³/mol. The van der Waals surface area contributed by atoms with Crippen LogP contribution in [0.15, 0.2) is 24.3 Å². The first-order valence-electron chi connectivity index (χ1n) is 5.62. The van der Waals surface area contributed by atoms with Crippen LogP contribution in [0.2, 0.25) is 0 Å². The van der Waals surface area contributed by atoms with Crippen molar-refractivity contribution in [3.05, 3.63) is 52.6 Å². The van der Waals surface area contributed by atoms with E-state index >= 15 is 0 Å². The van der Waals surface area contributed by atoms with Gasteiger partial charge in [0, 0.05) is 12.2 Å². The maximum Gasteiger partial charge on any atom is 0.255 e. The first-order chi connectivity index (χ1) is 8.58. The Morgan fingerprint density at radius 3 is 2.56 bits per heavy atom. The second-order valence-corrected chi connectivity index (χ2v) is 4.12. The van der Waals surface area contributed by atoms with Crippen LogP contribution >= 0.6 is 0 Å². The molecular weight excluding hydrogens is 233 g/mol. The fraction of sp³-hybridized carbons (Fsp3) is 0.231. The molecule has 0 saturated heterocycles. The van der Waals surface area contributed by atoms with Crippen molar-refractivity contribution in [3.63, 3.8) is 0 Å². The number of aromatic nitrogens is 2. The van der Waals surface area contributed by atoms with E-state index in [-0.39, 0.29) is 11.7 Å². The number of nitrogens with one attached hydrogen (secondary N) is 2. The molecule has 0 radical (unpaired) electrons. The van der Waals surface area contributed by atoms with Crippen molar-refractivity contribution < 1.29 is 9.18 Å². The lowest BCUT2D eigenvalue weighted by molar-refractivity contribution is 0.0950. The summed E-state index contributed by atoms with van der Waals surface area (Å²) in [5.41, 5.74) is 2.83. The van der Waals surface area contributed by atoms with Crippen LogP contribution in [-0.2, 0) is 6.54 Å². The highest BCUT2D eigenvalue weighted by Gasteiger charge is 2.14. The van der Waals surface area contributed by atoms with Gasteiger partial charge in [-0.15, -0.1) is 0 Å². The lowest BCUT2D eigenvalue weighted by Crippen LogP contribution is -2.23. The molecule has 0 saturated carbocycles. The van der Waals surface area contributed by atoms with Crippen molar-refractivity contribution in [1.82, 2.24) is 15.5 Å². The lowest BCUT2D eigenvalue weighted by atomic mass is 10.1. The number of rotatable bonds is 3. The van der Waals surface area contributed by atoms with Gasteiger partial charge >= 0.3 is 0 Å². The molecule has 2 rings (SSSR count). The third-order valence-corrected chi connectivity index (χ3v) is 2.72. The fourth-order valence-corrected chi connectivity index (χ4v) is 1.76. The van der Waals surface area contributed by atoms with Gasteiger partial charge in [-0.1, -0.05) is 12.1 Å². The van der Waals surface area contributed by atoms with Crippen molar-refractivity contribution in [2.45, 2.75) is 20.4 Å². The van der Waals surface area contributed by atoms with E-state index in [0.29, 0.717) is 17.8 Å².